The van der Waals surface area contributed by atoms with Crippen LogP contribution in [0.1, 0.15) is 0 Å². The monoisotopic (exact) mass is 236 g/mol. The SMILES string of the molecule is Cn1c(-c2ccc([N+](=O)[O-])cc2)n[nH]c1=S. The van der Waals surface area contributed by atoms with Crippen LogP contribution < -0.4 is 0 Å². The smallest absolute Gasteiger partial charge is 0.269 e. The van der Waals surface area contributed by atoms with Gasteiger partial charge in [0, 0.05) is 24.7 Å². The molecule has 1 N–H and O–H groups in total. The summed E-state index contributed by atoms with van der Waals surface area (Å²) < 4.78 is 2.21. The highest BCUT2D eigenvalue weighted by atomic mass is 32.1. The fraction of sp³-hybridized carbons (Fsp3) is 0.111. The summed E-state index contributed by atoms with van der Waals surface area (Å²) in [4.78, 5) is 10.0. The fourth-order valence-electron chi connectivity index (χ4n) is 1.34. The zero-order valence-corrected chi connectivity index (χ0v) is 9.19. The molecule has 16 heavy (non-hydrogen) atoms. The molecule has 0 saturated carbocycles. The number of benzene rings is 1. The van der Waals surface area contributed by atoms with E-state index < -0.39 is 4.92 Å². The molecule has 0 aliphatic rings. The van der Waals surface area contributed by atoms with Crippen molar-refractivity contribution < 1.29 is 4.92 Å². The molecule has 0 radical (unpaired) electrons. The molecule has 1 heterocycles. The molecular formula is C9H8N4O2S. The molecule has 0 saturated heterocycles. The summed E-state index contributed by atoms with van der Waals surface area (Å²) in [6.45, 7) is 0. The summed E-state index contributed by atoms with van der Waals surface area (Å²) in [6.07, 6.45) is 0. The highest BCUT2D eigenvalue weighted by Gasteiger charge is 2.08. The Labute approximate surface area is 95.7 Å². The molecule has 82 valence electrons. The van der Waals surface area contributed by atoms with E-state index in [9.17, 15) is 10.1 Å². The lowest BCUT2D eigenvalue weighted by molar-refractivity contribution is -0.384. The number of rotatable bonds is 2. The van der Waals surface area contributed by atoms with E-state index in [1.807, 2.05) is 0 Å². The molecule has 0 unspecified atom stereocenters. The molecule has 0 fully saturated rings. The van der Waals surface area contributed by atoms with Crippen LogP contribution in [0.15, 0.2) is 24.3 Å². The van der Waals surface area contributed by atoms with Gasteiger partial charge in [0.2, 0.25) is 0 Å². The van der Waals surface area contributed by atoms with E-state index in [4.69, 9.17) is 12.2 Å². The summed E-state index contributed by atoms with van der Waals surface area (Å²) in [7, 11) is 1.78. The van der Waals surface area contributed by atoms with Crippen LogP contribution in [0.3, 0.4) is 0 Å². The van der Waals surface area contributed by atoms with E-state index in [2.05, 4.69) is 10.2 Å². The first-order valence-electron chi connectivity index (χ1n) is 4.46. The average Bonchev–Trinajstić information content (AvgIpc) is 2.60. The van der Waals surface area contributed by atoms with Crippen LogP contribution in [0.4, 0.5) is 5.69 Å². The second-order valence-corrected chi connectivity index (χ2v) is 3.60. The van der Waals surface area contributed by atoms with Crippen molar-refractivity contribution >= 4 is 17.9 Å². The predicted octanol–water partition coefficient (Wildman–Crippen LogP) is 2.05. The molecule has 0 amide bonds. The van der Waals surface area contributed by atoms with Crippen molar-refractivity contribution in [3.63, 3.8) is 0 Å². The van der Waals surface area contributed by atoms with E-state index in [1.165, 1.54) is 12.1 Å². The minimum absolute atomic E-state index is 0.0561. The first-order chi connectivity index (χ1) is 7.59. The molecular weight excluding hydrogens is 228 g/mol. The number of nitrogens with zero attached hydrogens (tertiary/aromatic N) is 3. The number of aromatic nitrogens is 3. The summed E-state index contributed by atoms with van der Waals surface area (Å²) in [6, 6.07) is 6.16. The second-order valence-electron chi connectivity index (χ2n) is 3.22. The van der Waals surface area contributed by atoms with E-state index in [1.54, 1.807) is 23.7 Å². The number of hydrogen-bond donors (Lipinski definition) is 1. The van der Waals surface area contributed by atoms with Crippen molar-refractivity contribution in [1.29, 1.82) is 0 Å². The van der Waals surface area contributed by atoms with Crippen molar-refractivity contribution in [2.75, 3.05) is 0 Å². The van der Waals surface area contributed by atoms with Crippen molar-refractivity contribution in [2.45, 2.75) is 0 Å². The minimum Gasteiger partial charge on any atom is -0.303 e. The van der Waals surface area contributed by atoms with Gasteiger partial charge >= 0.3 is 0 Å². The molecule has 1 aromatic heterocycles. The highest BCUT2D eigenvalue weighted by molar-refractivity contribution is 7.71. The van der Waals surface area contributed by atoms with Crippen LogP contribution >= 0.6 is 12.2 Å². The van der Waals surface area contributed by atoms with Crippen LogP contribution in [0.5, 0.6) is 0 Å². The summed E-state index contributed by atoms with van der Waals surface area (Å²) in [5, 5.41) is 17.2. The number of H-pyrrole nitrogens is 1. The van der Waals surface area contributed by atoms with Crippen LogP contribution in [0.2, 0.25) is 0 Å². The summed E-state index contributed by atoms with van der Waals surface area (Å²) in [5.74, 6) is 0.653. The Morgan fingerprint density at radius 1 is 1.44 bits per heavy atom. The van der Waals surface area contributed by atoms with Crippen molar-refractivity contribution in [2.24, 2.45) is 7.05 Å². The van der Waals surface area contributed by atoms with Gasteiger partial charge in [-0.05, 0) is 24.4 Å². The lowest BCUT2D eigenvalue weighted by Crippen LogP contribution is -1.93. The molecule has 0 bridgehead atoms. The van der Waals surface area contributed by atoms with Gasteiger partial charge in [-0.15, -0.1) is 0 Å². The third-order valence-corrected chi connectivity index (χ3v) is 2.58. The maximum atomic E-state index is 10.5. The van der Waals surface area contributed by atoms with E-state index >= 15 is 0 Å². The normalized spacial score (nSPS) is 10.3. The van der Waals surface area contributed by atoms with Crippen LogP contribution in [-0.4, -0.2) is 19.7 Å². The number of nitro benzene ring substituents is 1. The first-order valence-corrected chi connectivity index (χ1v) is 4.86. The first kappa shape index (κ1) is 10.5. The molecule has 0 spiro atoms. The lowest BCUT2D eigenvalue weighted by Gasteiger charge is -1.99. The Hall–Kier alpha value is -2.02. The molecule has 7 heteroatoms. The van der Waals surface area contributed by atoms with Crippen LogP contribution in [0, 0.1) is 14.9 Å². The Morgan fingerprint density at radius 3 is 2.50 bits per heavy atom. The van der Waals surface area contributed by atoms with Gasteiger partial charge in [0.25, 0.3) is 5.69 Å². The molecule has 0 atom stereocenters. The number of hydrogen-bond acceptors (Lipinski definition) is 4. The van der Waals surface area contributed by atoms with Gasteiger partial charge in [-0.25, -0.2) is 0 Å². The maximum Gasteiger partial charge on any atom is 0.269 e. The highest BCUT2D eigenvalue weighted by Crippen LogP contribution is 2.19. The summed E-state index contributed by atoms with van der Waals surface area (Å²) in [5.41, 5.74) is 0.834. The van der Waals surface area contributed by atoms with Gasteiger partial charge < -0.3 is 4.57 Å². The zero-order valence-electron chi connectivity index (χ0n) is 8.38. The number of nitrogens with one attached hydrogen (secondary N) is 1. The van der Waals surface area contributed by atoms with E-state index in [0.717, 1.165) is 5.56 Å². The van der Waals surface area contributed by atoms with Crippen LogP contribution in [0.25, 0.3) is 11.4 Å². The molecule has 0 aliphatic heterocycles. The second kappa shape index (κ2) is 3.86. The van der Waals surface area contributed by atoms with E-state index in [-0.39, 0.29) is 5.69 Å². The summed E-state index contributed by atoms with van der Waals surface area (Å²) >= 11 is 4.98. The fourth-order valence-corrected chi connectivity index (χ4v) is 1.47. The Kier molecular flexibility index (Phi) is 2.53. The van der Waals surface area contributed by atoms with Crippen molar-refractivity contribution in [3.8, 4) is 11.4 Å². The molecule has 2 aromatic rings. The predicted molar refractivity (Wildman–Crippen MR) is 60.5 cm³/mol. The van der Waals surface area contributed by atoms with Crippen molar-refractivity contribution in [3.05, 3.63) is 39.2 Å². The average molecular weight is 236 g/mol. The Morgan fingerprint density at radius 2 is 2.06 bits per heavy atom. The standard InChI is InChI=1S/C9H8N4O2S/c1-12-8(10-11-9(12)16)6-2-4-7(5-3-6)13(14)15/h2-5H,1H3,(H,11,16). The maximum absolute atomic E-state index is 10.5. The lowest BCUT2D eigenvalue weighted by atomic mass is 10.2. The van der Waals surface area contributed by atoms with Crippen LogP contribution in [-0.2, 0) is 7.05 Å². The Bertz CT molecular complexity index is 584. The molecule has 0 aliphatic carbocycles. The quantitative estimate of drug-likeness (QED) is 0.492. The van der Waals surface area contributed by atoms with Gasteiger partial charge in [0.15, 0.2) is 10.6 Å². The Balaban J connectivity index is 2.46. The number of non-ortho nitro benzene ring substituents is 1. The topological polar surface area (TPSA) is 76.8 Å². The molecule has 1 aromatic carbocycles. The number of nitro groups is 1. The molecule has 2 rings (SSSR count). The molecule has 6 nitrogen and oxygen atoms in total. The largest absolute Gasteiger partial charge is 0.303 e. The van der Waals surface area contributed by atoms with Gasteiger partial charge in [-0.1, -0.05) is 0 Å². The number of aromatic amines is 1. The van der Waals surface area contributed by atoms with Gasteiger partial charge in [-0.2, -0.15) is 5.10 Å². The van der Waals surface area contributed by atoms with Gasteiger partial charge in [0.1, 0.15) is 0 Å². The van der Waals surface area contributed by atoms with Crippen molar-refractivity contribution in [1.82, 2.24) is 14.8 Å². The van der Waals surface area contributed by atoms with Gasteiger partial charge in [-0.3, -0.25) is 15.2 Å². The zero-order chi connectivity index (χ0) is 11.7. The van der Waals surface area contributed by atoms with E-state index in [0.29, 0.717) is 10.6 Å². The minimum atomic E-state index is -0.438. The third kappa shape index (κ3) is 1.72. The van der Waals surface area contributed by atoms with Gasteiger partial charge in [0.05, 0.1) is 4.92 Å². The third-order valence-electron chi connectivity index (χ3n) is 2.22.